The Morgan fingerprint density at radius 2 is 2.14 bits per heavy atom. The molecule has 1 heterocycles. The van der Waals surface area contributed by atoms with Crippen molar-refractivity contribution in [3.63, 3.8) is 0 Å². The number of benzene rings is 1. The molecule has 2 aromatic rings. The van der Waals surface area contributed by atoms with Crippen LogP contribution in [0.15, 0.2) is 12.1 Å². The Balaban J connectivity index is 1.78. The van der Waals surface area contributed by atoms with Gasteiger partial charge in [0.25, 0.3) is 0 Å². The Labute approximate surface area is 124 Å². The standard InChI is InChI=1S/C17H22FN3/c1-9-5-16-15(8-14(9)18)20-17(19)21(16)10(2)13-7-11-3-4-12(13)6-11/h5,8,10-13H,3-4,6-7H2,1-2H3,(H2,19,20). The number of hydrogen-bond donors (Lipinski definition) is 1. The summed E-state index contributed by atoms with van der Waals surface area (Å²) in [5.41, 5.74) is 8.45. The lowest BCUT2D eigenvalue weighted by atomic mass is 9.84. The van der Waals surface area contributed by atoms with Gasteiger partial charge < -0.3 is 10.3 Å². The minimum Gasteiger partial charge on any atom is -0.369 e. The summed E-state index contributed by atoms with van der Waals surface area (Å²) in [5, 5.41) is 0. The highest BCUT2D eigenvalue weighted by molar-refractivity contribution is 5.79. The van der Waals surface area contributed by atoms with E-state index in [4.69, 9.17) is 5.73 Å². The quantitative estimate of drug-likeness (QED) is 0.905. The summed E-state index contributed by atoms with van der Waals surface area (Å²) < 4.78 is 15.9. The third kappa shape index (κ3) is 1.88. The molecule has 4 atom stereocenters. The minimum atomic E-state index is -0.209. The van der Waals surface area contributed by atoms with Gasteiger partial charge in [-0.25, -0.2) is 9.37 Å². The first-order chi connectivity index (χ1) is 10.0. The van der Waals surface area contributed by atoms with Gasteiger partial charge in [-0.15, -0.1) is 0 Å². The largest absolute Gasteiger partial charge is 0.369 e. The number of rotatable bonds is 2. The van der Waals surface area contributed by atoms with E-state index in [9.17, 15) is 4.39 Å². The maximum atomic E-state index is 13.7. The summed E-state index contributed by atoms with van der Waals surface area (Å²) in [4.78, 5) is 4.37. The molecule has 4 heteroatoms. The molecule has 2 saturated carbocycles. The molecule has 2 aliphatic rings. The summed E-state index contributed by atoms with van der Waals surface area (Å²) in [6, 6.07) is 3.73. The van der Waals surface area contributed by atoms with E-state index in [1.807, 2.05) is 6.07 Å². The van der Waals surface area contributed by atoms with Crippen molar-refractivity contribution in [2.45, 2.75) is 45.6 Å². The van der Waals surface area contributed by atoms with Crippen LogP contribution in [0.25, 0.3) is 11.0 Å². The molecule has 0 amide bonds. The van der Waals surface area contributed by atoms with Gasteiger partial charge in [0.1, 0.15) is 5.82 Å². The number of imidazole rings is 1. The molecule has 0 saturated heterocycles. The van der Waals surface area contributed by atoms with Crippen molar-refractivity contribution in [2.75, 3.05) is 5.73 Å². The predicted octanol–water partition coefficient (Wildman–Crippen LogP) is 4.06. The third-order valence-corrected chi connectivity index (χ3v) is 5.82. The van der Waals surface area contributed by atoms with E-state index >= 15 is 0 Å². The van der Waals surface area contributed by atoms with E-state index in [0.717, 1.165) is 17.4 Å². The van der Waals surface area contributed by atoms with Gasteiger partial charge >= 0.3 is 0 Å². The molecule has 1 aromatic heterocycles. The number of hydrogen-bond acceptors (Lipinski definition) is 2. The highest BCUT2D eigenvalue weighted by Crippen LogP contribution is 2.52. The van der Waals surface area contributed by atoms with E-state index in [0.29, 0.717) is 29.0 Å². The fraction of sp³-hybridized carbons (Fsp3) is 0.588. The molecule has 2 bridgehead atoms. The van der Waals surface area contributed by atoms with Crippen LogP contribution in [0.4, 0.5) is 10.3 Å². The molecular weight excluding hydrogens is 265 g/mol. The molecule has 21 heavy (non-hydrogen) atoms. The number of nitrogens with zero attached hydrogens (tertiary/aromatic N) is 2. The average molecular weight is 287 g/mol. The van der Waals surface area contributed by atoms with Gasteiger partial charge in [-0.3, -0.25) is 0 Å². The second kappa shape index (κ2) is 4.46. The Morgan fingerprint density at radius 3 is 2.81 bits per heavy atom. The molecular formula is C17H22FN3. The van der Waals surface area contributed by atoms with Gasteiger partial charge in [-0.2, -0.15) is 0 Å². The minimum absolute atomic E-state index is 0.209. The molecule has 3 nitrogen and oxygen atoms in total. The van der Waals surface area contributed by atoms with Crippen molar-refractivity contribution in [3.8, 4) is 0 Å². The molecule has 4 rings (SSSR count). The summed E-state index contributed by atoms with van der Waals surface area (Å²) in [5.74, 6) is 2.75. The summed E-state index contributed by atoms with van der Waals surface area (Å²) in [6.07, 6.45) is 5.46. The van der Waals surface area contributed by atoms with Crippen molar-refractivity contribution >= 4 is 17.0 Å². The predicted molar refractivity (Wildman–Crippen MR) is 82.5 cm³/mol. The molecule has 2 fully saturated rings. The topological polar surface area (TPSA) is 43.8 Å². The van der Waals surface area contributed by atoms with Crippen molar-refractivity contribution in [1.82, 2.24) is 9.55 Å². The number of aryl methyl sites for hydroxylation is 1. The molecule has 1 aromatic carbocycles. The number of fused-ring (bicyclic) bond motifs is 3. The lowest BCUT2D eigenvalue weighted by Crippen LogP contribution is -2.23. The Morgan fingerprint density at radius 1 is 1.33 bits per heavy atom. The summed E-state index contributed by atoms with van der Waals surface area (Å²) >= 11 is 0. The van der Waals surface area contributed by atoms with E-state index in [1.165, 1.54) is 31.7 Å². The van der Waals surface area contributed by atoms with Gasteiger partial charge in [-0.1, -0.05) is 6.42 Å². The highest BCUT2D eigenvalue weighted by Gasteiger charge is 2.42. The maximum absolute atomic E-state index is 13.7. The van der Waals surface area contributed by atoms with Crippen LogP contribution in [0, 0.1) is 30.5 Å². The van der Waals surface area contributed by atoms with Crippen LogP contribution >= 0.6 is 0 Å². The summed E-state index contributed by atoms with van der Waals surface area (Å²) in [6.45, 7) is 4.05. The lowest BCUT2D eigenvalue weighted by Gasteiger charge is -2.29. The zero-order valence-corrected chi connectivity index (χ0v) is 12.6. The molecule has 2 N–H and O–H groups in total. The Kier molecular flexibility index (Phi) is 2.78. The first-order valence-electron chi connectivity index (χ1n) is 7.98. The first kappa shape index (κ1) is 13.1. The van der Waals surface area contributed by atoms with E-state index in [1.54, 1.807) is 6.92 Å². The molecule has 0 spiro atoms. The van der Waals surface area contributed by atoms with E-state index in [2.05, 4.69) is 16.5 Å². The van der Waals surface area contributed by atoms with Crippen LogP contribution in [-0.2, 0) is 0 Å². The molecule has 4 unspecified atom stereocenters. The van der Waals surface area contributed by atoms with E-state index in [-0.39, 0.29) is 5.82 Å². The number of nitrogens with two attached hydrogens (primary N) is 1. The number of anilines is 1. The molecule has 0 radical (unpaired) electrons. The number of halogens is 1. The van der Waals surface area contributed by atoms with Gasteiger partial charge in [0.2, 0.25) is 5.95 Å². The van der Waals surface area contributed by atoms with Crippen LogP contribution in [-0.4, -0.2) is 9.55 Å². The average Bonchev–Trinajstić information content (AvgIpc) is 3.12. The zero-order chi connectivity index (χ0) is 14.7. The van der Waals surface area contributed by atoms with Crippen LogP contribution < -0.4 is 5.73 Å². The SMILES string of the molecule is Cc1cc2c(cc1F)nc(N)n2C(C)C1CC2CCC1C2. The smallest absolute Gasteiger partial charge is 0.201 e. The fourth-order valence-corrected chi connectivity index (χ4v) is 4.74. The van der Waals surface area contributed by atoms with Crippen LogP contribution in [0.1, 0.15) is 44.2 Å². The third-order valence-electron chi connectivity index (χ3n) is 5.82. The maximum Gasteiger partial charge on any atom is 0.201 e. The number of nitrogen functional groups attached to an aromatic ring is 1. The second-order valence-corrected chi connectivity index (χ2v) is 7.01. The van der Waals surface area contributed by atoms with Gasteiger partial charge in [0.05, 0.1) is 11.0 Å². The van der Waals surface area contributed by atoms with Gasteiger partial charge in [0.15, 0.2) is 0 Å². The zero-order valence-electron chi connectivity index (χ0n) is 12.6. The van der Waals surface area contributed by atoms with Crippen LogP contribution in [0.2, 0.25) is 0 Å². The molecule has 0 aliphatic heterocycles. The Bertz CT molecular complexity index is 706. The van der Waals surface area contributed by atoms with Crippen molar-refractivity contribution < 1.29 is 4.39 Å². The van der Waals surface area contributed by atoms with Crippen LogP contribution in [0.5, 0.6) is 0 Å². The monoisotopic (exact) mass is 287 g/mol. The van der Waals surface area contributed by atoms with E-state index < -0.39 is 0 Å². The first-order valence-corrected chi connectivity index (χ1v) is 7.98. The number of aromatic nitrogens is 2. The molecule has 2 aliphatic carbocycles. The van der Waals surface area contributed by atoms with Gasteiger partial charge in [-0.05, 0) is 62.5 Å². The van der Waals surface area contributed by atoms with Crippen LogP contribution in [0.3, 0.4) is 0 Å². The fourth-order valence-electron chi connectivity index (χ4n) is 4.74. The second-order valence-electron chi connectivity index (χ2n) is 7.01. The lowest BCUT2D eigenvalue weighted by molar-refractivity contribution is 0.248. The highest BCUT2D eigenvalue weighted by atomic mass is 19.1. The van der Waals surface area contributed by atoms with Crippen molar-refractivity contribution in [1.29, 1.82) is 0 Å². The van der Waals surface area contributed by atoms with Gasteiger partial charge in [0, 0.05) is 12.1 Å². The van der Waals surface area contributed by atoms with Crippen molar-refractivity contribution in [2.24, 2.45) is 17.8 Å². The summed E-state index contributed by atoms with van der Waals surface area (Å²) in [7, 11) is 0. The normalized spacial score (nSPS) is 29.4. The Hall–Kier alpha value is -1.58. The van der Waals surface area contributed by atoms with Crippen molar-refractivity contribution in [3.05, 3.63) is 23.5 Å². The molecule has 112 valence electrons.